The van der Waals surface area contributed by atoms with Gasteiger partial charge in [-0.3, -0.25) is 0 Å². The molecule has 0 amide bonds. The van der Waals surface area contributed by atoms with Crippen molar-refractivity contribution in [1.82, 2.24) is 4.98 Å². The Morgan fingerprint density at radius 1 is 0.392 bits per heavy atom. The highest BCUT2D eigenvalue weighted by molar-refractivity contribution is 6.20. The SMILES string of the molecule is c1ccc(-c2ccc(N(c3ccc(-c4ccc5ccccc5c4)cc3)c3c4nc(-c5ccccc5)oc4cc4oc5ccccc5c34)cc2)cc1. The molecule has 0 aliphatic carbocycles. The number of fused-ring (bicyclic) bond motifs is 5. The largest absolute Gasteiger partial charge is 0.456 e. The molecule has 0 bridgehead atoms. The molecule has 4 heteroatoms. The summed E-state index contributed by atoms with van der Waals surface area (Å²) >= 11 is 0. The minimum Gasteiger partial charge on any atom is -0.456 e. The molecule has 51 heavy (non-hydrogen) atoms. The topological polar surface area (TPSA) is 42.4 Å². The van der Waals surface area contributed by atoms with Crippen LogP contribution in [-0.2, 0) is 0 Å². The monoisotopic (exact) mass is 654 g/mol. The van der Waals surface area contributed by atoms with Gasteiger partial charge in [-0.25, -0.2) is 4.98 Å². The zero-order valence-electron chi connectivity index (χ0n) is 27.5. The van der Waals surface area contributed by atoms with E-state index >= 15 is 0 Å². The summed E-state index contributed by atoms with van der Waals surface area (Å²) in [4.78, 5) is 7.50. The van der Waals surface area contributed by atoms with Gasteiger partial charge in [-0.05, 0) is 81.6 Å². The van der Waals surface area contributed by atoms with Gasteiger partial charge in [0.25, 0.3) is 0 Å². The van der Waals surface area contributed by atoms with Gasteiger partial charge < -0.3 is 13.7 Å². The number of anilines is 3. The normalized spacial score (nSPS) is 11.5. The summed E-state index contributed by atoms with van der Waals surface area (Å²) in [5.74, 6) is 0.565. The lowest BCUT2D eigenvalue weighted by molar-refractivity contribution is 0.617. The highest BCUT2D eigenvalue weighted by Crippen LogP contribution is 2.48. The summed E-state index contributed by atoms with van der Waals surface area (Å²) in [6.07, 6.45) is 0. The smallest absolute Gasteiger partial charge is 0.227 e. The third-order valence-corrected chi connectivity index (χ3v) is 9.68. The minimum absolute atomic E-state index is 0.565. The Balaban J connectivity index is 1.21. The number of benzene rings is 8. The number of nitrogens with zero attached hydrogens (tertiary/aromatic N) is 2. The molecule has 4 nitrogen and oxygen atoms in total. The van der Waals surface area contributed by atoms with Gasteiger partial charge in [-0.1, -0.05) is 127 Å². The zero-order valence-corrected chi connectivity index (χ0v) is 27.5. The van der Waals surface area contributed by atoms with Gasteiger partial charge in [0.15, 0.2) is 5.58 Å². The number of furan rings is 1. The lowest BCUT2D eigenvalue weighted by Gasteiger charge is -2.27. The molecule has 2 aromatic heterocycles. The van der Waals surface area contributed by atoms with E-state index < -0.39 is 0 Å². The van der Waals surface area contributed by atoms with Crippen molar-refractivity contribution in [2.75, 3.05) is 4.90 Å². The molecule has 240 valence electrons. The first-order valence-corrected chi connectivity index (χ1v) is 17.1. The van der Waals surface area contributed by atoms with Gasteiger partial charge in [-0.2, -0.15) is 0 Å². The van der Waals surface area contributed by atoms with Gasteiger partial charge in [0.2, 0.25) is 5.89 Å². The van der Waals surface area contributed by atoms with Crippen LogP contribution in [0.3, 0.4) is 0 Å². The lowest BCUT2D eigenvalue weighted by atomic mass is 10.0. The van der Waals surface area contributed by atoms with Gasteiger partial charge >= 0.3 is 0 Å². The van der Waals surface area contributed by atoms with Gasteiger partial charge in [0.05, 0.1) is 11.1 Å². The second-order valence-corrected chi connectivity index (χ2v) is 12.8. The van der Waals surface area contributed by atoms with Crippen LogP contribution in [0.2, 0.25) is 0 Å². The highest BCUT2D eigenvalue weighted by atomic mass is 16.4. The fraction of sp³-hybridized carbons (Fsp3) is 0. The van der Waals surface area contributed by atoms with Crippen molar-refractivity contribution >= 4 is 60.9 Å². The molecule has 0 unspecified atom stereocenters. The molecule has 0 aliphatic rings. The first-order chi connectivity index (χ1) is 25.3. The van der Waals surface area contributed by atoms with E-state index in [2.05, 4.69) is 132 Å². The number of oxazole rings is 1. The van der Waals surface area contributed by atoms with Crippen LogP contribution in [0, 0.1) is 0 Å². The molecule has 0 N–H and O–H groups in total. The average molecular weight is 655 g/mol. The molecule has 0 saturated carbocycles. The predicted octanol–water partition coefficient (Wildman–Crippen LogP) is 13.4. The predicted molar refractivity (Wildman–Crippen MR) is 210 cm³/mol. The summed E-state index contributed by atoms with van der Waals surface area (Å²) in [5.41, 5.74) is 11.4. The molecule has 8 aromatic carbocycles. The molecule has 0 radical (unpaired) electrons. The molecule has 10 aromatic rings. The van der Waals surface area contributed by atoms with E-state index in [0.29, 0.717) is 11.5 Å². The Bertz CT molecular complexity index is 2840. The number of rotatable bonds is 6. The molecule has 0 aliphatic heterocycles. The molecular formula is C47H30N2O2. The quantitative estimate of drug-likeness (QED) is 0.179. The van der Waals surface area contributed by atoms with Crippen LogP contribution in [0.15, 0.2) is 191 Å². The van der Waals surface area contributed by atoms with Crippen molar-refractivity contribution in [1.29, 1.82) is 0 Å². The maximum Gasteiger partial charge on any atom is 0.227 e. The van der Waals surface area contributed by atoms with Gasteiger partial charge in [-0.15, -0.1) is 0 Å². The van der Waals surface area contributed by atoms with Crippen molar-refractivity contribution in [3.63, 3.8) is 0 Å². The zero-order chi connectivity index (χ0) is 33.7. The molecule has 0 atom stereocenters. The van der Waals surface area contributed by atoms with Crippen molar-refractivity contribution in [3.8, 4) is 33.7 Å². The number of para-hydroxylation sites is 1. The lowest BCUT2D eigenvalue weighted by Crippen LogP contribution is -2.11. The van der Waals surface area contributed by atoms with Crippen molar-refractivity contribution in [2.24, 2.45) is 0 Å². The van der Waals surface area contributed by atoms with Crippen LogP contribution in [0.1, 0.15) is 0 Å². The molecule has 0 spiro atoms. The second kappa shape index (κ2) is 11.9. The van der Waals surface area contributed by atoms with E-state index in [0.717, 1.165) is 61.2 Å². The van der Waals surface area contributed by atoms with E-state index in [9.17, 15) is 0 Å². The number of hydrogen-bond acceptors (Lipinski definition) is 4. The van der Waals surface area contributed by atoms with Crippen molar-refractivity contribution in [2.45, 2.75) is 0 Å². The Labute approximate surface area is 294 Å². The van der Waals surface area contributed by atoms with E-state index in [1.165, 1.54) is 21.9 Å². The number of aromatic nitrogens is 1. The Kier molecular flexibility index (Phi) is 6.78. The van der Waals surface area contributed by atoms with Gasteiger partial charge in [0, 0.05) is 28.4 Å². The fourth-order valence-electron chi connectivity index (χ4n) is 7.18. The molecule has 10 rings (SSSR count). The van der Waals surface area contributed by atoms with Gasteiger partial charge in [0.1, 0.15) is 16.7 Å². The van der Waals surface area contributed by atoms with E-state index in [-0.39, 0.29) is 0 Å². The van der Waals surface area contributed by atoms with Crippen LogP contribution < -0.4 is 4.90 Å². The second-order valence-electron chi connectivity index (χ2n) is 12.8. The van der Waals surface area contributed by atoms with Crippen LogP contribution >= 0.6 is 0 Å². The minimum atomic E-state index is 0.565. The summed E-state index contributed by atoms with van der Waals surface area (Å²) in [6.45, 7) is 0. The molecular weight excluding hydrogens is 625 g/mol. The van der Waals surface area contributed by atoms with E-state index in [1.807, 2.05) is 54.6 Å². The number of hydrogen-bond donors (Lipinski definition) is 0. The third-order valence-electron chi connectivity index (χ3n) is 9.68. The van der Waals surface area contributed by atoms with Crippen LogP contribution in [0.25, 0.3) is 77.5 Å². The summed E-state index contributed by atoms with van der Waals surface area (Å²) in [7, 11) is 0. The standard InChI is InChI=1S/C47H30N2O2/c1-3-11-31(12-4-1)33-21-25-38(26-22-33)49(39-27-23-34(24-28-39)37-20-19-32-13-7-8-16-36(32)29-37)46-44-40-17-9-10-18-41(40)50-42(44)30-43-45(46)48-47(51-43)35-14-5-2-6-15-35/h1-30H. The Morgan fingerprint density at radius 2 is 0.961 bits per heavy atom. The van der Waals surface area contributed by atoms with Crippen LogP contribution in [-0.4, -0.2) is 4.98 Å². The van der Waals surface area contributed by atoms with Crippen molar-refractivity contribution < 1.29 is 8.83 Å². The first-order valence-electron chi connectivity index (χ1n) is 17.1. The summed E-state index contributed by atoms with van der Waals surface area (Å²) in [5, 5.41) is 4.46. The van der Waals surface area contributed by atoms with Crippen LogP contribution in [0.5, 0.6) is 0 Å². The summed E-state index contributed by atoms with van der Waals surface area (Å²) in [6, 6.07) is 63.4. The van der Waals surface area contributed by atoms with Crippen LogP contribution in [0.4, 0.5) is 17.1 Å². The summed E-state index contributed by atoms with van der Waals surface area (Å²) < 4.78 is 13.0. The maximum atomic E-state index is 6.51. The Hall–Kier alpha value is -6.91. The molecule has 2 heterocycles. The van der Waals surface area contributed by atoms with Crippen molar-refractivity contribution in [3.05, 3.63) is 182 Å². The highest BCUT2D eigenvalue weighted by Gasteiger charge is 2.26. The maximum absolute atomic E-state index is 6.51. The fourth-order valence-corrected chi connectivity index (χ4v) is 7.18. The molecule has 0 fully saturated rings. The molecule has 0 saturated heterocycles. The first kappa shape index (κ1) is 29.0. The Morgan fingerprint density at radius 3 is 1.69 bits per heavy atom. The third kappa shape index (κ3) is 5.04. The average Bonchev–Trinajstić information content (AvgIpc) is 3.80. The van der Waals surface area contributed by atoms with E-state index in [1.54, 1.807) is 0 Å². The van der Waals surface area contributed by atoms with E-state index in [4.69, 9.17) is 13.8 Å².